The highest BCUT2D eigenvalue weighted by atomic mass is 35.5. The fraction of sp³-hybridized carbons (Fsp3) is 0.333. The second-order valence-electron chi connectivity index (χ2n) is 6.38. The molecule has 2 aliphatic rings. The first-order valence-electron chi connectivity index (χ1n) is 8.22. The number of nitrogens with zero attached hydrogens (tertiary/aromatic N) is 2. The van der Waals surface area contributed by atoms with E-state index >= 15 is 0 Å². The molecule has 3 heterocycles. The van der Waals surface area contributed by atoms with Gasteiger partial charge in [0.1, 0.15) is 10.6 Å². The van der Waals surface area contributed by atoms with Crippen molar-refractivity contribution in [2.24, 2.45) is 0 Å². The Morgan fingerprint density at radius 2 is 2.24 bits per heavy atom. The smallest absolute Gasteiger partial charge is 0.262 e. The van der Waals surface area contributed by atoms with Crippen LogP contribution < -0.4 is 10.3 Å². The summed E-state index contributed by atoms with van der Waals surface area (Å²) in [7, 11) is 0. The molecule has 1 aromatic carbocycles. The van der Waals surface area contributed by atoms with E-state index in [1.807, 2.05) is 12.1 Å². The van der Waals surface area contributed by atoms with Gasteiger partial charge in [-0.05, 0) is 37.0 Å². The van der Waals surface area contributed by atoms with Crippen LogP contribution in [0, 0.1) is 0 Å². The van der Waals surface area contributed by atoms with Gasteiger partial charge >= 0.3 is 0 Å². The molecule has 3 aromatic rings. The average molecular weight is 375 g/mol. The van der Waals surface area contributed by atoms with Crippen molar-refractivity contribution in [2.45, 2.75) is 32.4 Å². The Morgan fingerprint density at radius 1 is 1.32 bits per heavy atom. The lowest BCUT2D eigenvalue weighted by molar-refractivity contribution is -0.0170. The molecule has 1 aliphatic heterocycles. The lowest BCUT2D eigenvalue weighted by Gasteiger charge is -2.21. The molecule has 5 rings (SSSR count). The van der Waals surface area contributed by atoms with Gasteiger partial charge in [-0.15, -0.1) is 11.3 Å². The molecular weight excluding hydrogens is 360 g/mol. The number of aromatic nitrogens is 2. The highest BCUT2D eigenvalue weighted by molar-refractivity contribution is 7.18. The van der Waals surface area contributed by atoms with E-state index in [-0.39, 0.29) is 12.4 Å². The maximum Gasteiger partial charge on any atom is 0.262 e. The lowest BCUT2D eigenvalue weighted by Crippen LogP contribution is -2.22. The van der Waals surface area contributed by atoms with Crippen LogP contribution >= 0.6 is 22.9 Å². The van der Waals surface area contributed by atoms with Gasteiger partial charge in [-0.25, -0.2) is 4.98 Å². The SMILES string of the molecule is O=c1c2c3c(sc2ncn1Cc1cc(Cl)cc2c1OCOC2)CCC3. The Hall–Kier alpha value is -1.89. The lowest BCUT2D eigenvalue weighted by atomic mass is 10.1. The quantitative estimate of drug-likeness (QED) is 0.688. The topological polar surface area (TPSA) is 53.4 Å². The predicted octanol–water partition coefficient (Wildman–Crippen LogP) is 3.51. The van der Waals surface area contributed by atoms with Crippen molar-refractivity contribution < 1.29 is 9.47 Å². The molecule has 0 atom stereocenters. The van der Waals surface area contributed by atoms with Crippen molar-refractivity contribution in [3.05, 3.63) is 55.4 Å². The van der Waals surface area contributed by atoms with E-state index < -0.39 is 0 Å². The number of benzene rings is 1. The third kappa shape index (κ3) is 2.47. The van der Waals surface area contributed by atoms with Crippen LogP contribution in [0.4, 0.5) is 0 Å². The number of thiophene rings is 1. The van der Waals surface area contributed by atoms with Crippen molar-refractivity contribution in [3.63, 3.8) is 0 Å². The first-order valence-corrected chi connectivity index (χ1v) is 9.41. The van der Waals surface area contributed by atoms with Crippen molar-refractivity contribution in [3.8, 4) is 5.75 Å². The number of hydrogen-bond donors (Lipinski definition) is 0. The molecular formula is C18H15ClN2O3S. The molecule has 0 amide bonds. The van der Waals surface area contributed by atoms with Gasteiger partial charge < -0.3 is 9.47 Å². The van der Waals surface area contributed by atoms with E-state index in [4.69, 9.17) is 21.1 Å². The summed E-state index contributed by atoms with van der Waals surface area (Å²) in [6.45, 7) is 1.06. The van der Waals surface area contributed by atoms with Crippen molar-refractivity contribution in [1.82, 2.24) is 9.55 Å². The maximum absolute atomic E-state index is 13.0. The Balaban J connectivity index is 1.62. The minimum atomic E-state index is 0.0187. The Kier molecular flexibility index (Phi) is 3.58. The summed E-state index contributed by atoms with van der Waals surface area (Å²) < 4.78 is 12.6. The van der Waals surface area contributed by atoms with Crippen LogP contribution in [0.3, 0.4) is 0 Å². The summed E-state index contributed by atoms with van der Waals surface area (Å²) in [6.07, 6.45) is 4.79. The highest BCUT2D eigenvalue weighted by Crippen LogP contribution is 2.35. The Bertz CT molecular complexity index is 1060. The number of ether oxygens (including phenoxy) is 2. The van der Waals surface area contributed by atoms with Gasteiger partial charge in [0.05, 0.1) is 24.9 Å². The van der Waals surface area contributed by atoms with Crippen LogP contribution in [0.1, 0.15) is 28.0 Å². The zero-order valence-corrected chi connectivity index (χ0v) is 15.0. The second kappa shape index (κ2) is 5.83. The summed E-state index contributed by atoms with van der Waals surface area (Å²) in [4.78, 5) is 19.7. The van der Waals surface area contributed by atoms with Crippen molar-refractivity contribution >= 4 is 33.2 Å². The zero-order chi connectivity index (χ0) is 17.0. The number of aryl methyl sites for hydroxylation is 2. The molecule has 0 bridgehead atoms. The largest absolute Gasteiger partial charge is 0.467 e. The van der Waals surface area contributed by atoms with Crippen LogP contribution in [0.15, 0.2) is 23.3 Å². The molecule has 1 aliphatic carbocycles. The summed E-state index contributed by atoms with van der Waals surface area (Å²) in [6, 6.07) is 3.69. The van der Waals surface area contributed by atoms with E-state index in [9.17, 15) is 4.79 Å². The Morgan fingerprint density at radius 3 is 3.16 bits per heavy atom. The van der Waals surface area contributed by atoms with E-state index in [1.165, 1.54) is 10.4 Å². The summed E-state index contributed by atoms with van der Waals surface area (Å²) >= 11 is 7.88. The average Bonchev–Trinajstić information content (AvgIpc) is 3.18. The maximum atomic E-state index is 13.0. The summed E-state index contributed by atoms with van der Waals surface area (Å²) in [5.41, 5.74) is 3.00. The number of halogens is 1. The van der Waals surface area contributed by atoms with Crippen molar-refractivity contribution in [2.75, 3.05) is 6.79 Å². The van der Waals surface area contributed by atoms with Gasteiger partial charge in [-0.1, -0.05) is 11.6 Å². The summed E-state index contributed by atoms with van der Waals surface area (Å²) in [5, 5.41) is 1.40. The van der Waals surface area contributed by atoms with Crippen LogP contribution in [0.25, 0.3) is 10.2 Å². The molecule has 25 heavy (non-hydrogen) atoms. The number of fused-ring (bicyclic) bond motifs is 4. The fourth-order valence-electron chi connectivity index (χ4n) is 3.69. The minimum Gasteiger partial charge on any atom is -0.467 e. The van der Waals surface area contributed by atoms with Crippen LogP contribution in [0.5, 0.6) is 5.75 Å². The monoisotopic (exact) mass is 374 g/mol. The number of hydrogen-bond acceptors (Lipinski definition) is 5. The standard InChI is InChI=1S/C18H15ClN2O3S/c19-12-4-10(16-11(5-12)7-23-9-24-16)6-21-8-20-17-15(18(21)22)13-2-1-3-14(13)25-17/h4-5,8H,1-3,6-7,9H2. The van der Waals surface area contributed by atoms with E-state index in [2.05, 4.69) is 4.98 Å². The molecule has 5 nitrogen and oxygen atoms in total. The van der Waals surface area contributed by atoms with Gasteiger partial charge in [0.2, 0.25) is 0 Å². The number of rotatable bonds is 2. The van der Waals surface area contributed by atoms with Gasteiger partial charge in [0, 0.05) is 21.0 Å². The molecule has 0 unspecified atom stereocenters. The molecule has 0 saturated heterocycles. The predicted molar refractivity (Wildman–Crippen MR) is 96.7 cm³/mol. The summed E-state index contributed by atoms with van der Waals surface area (Å²) in [5.74, 6) is 0.762. The second-order valence-corrected chi connectivity index (χ2v) is 7.90. The third-order valence-corrected chi connectivity index (χ3v) is 6.20. The van der Waals surface area contributed by atoms with Gasteiger partial charge in [0.25, 0.3) is 5.56 Å². The third-order valence-electron chi connectivity index (χ3n) is 4.78. The van der Waals surface area contributed by atoms with Crippen LogP contribution in [0.2, 0.25) is 5.02 Å². The Labute approximate surface area is 152 Å². The molecule has 0 spiro atoms. The van der Waals surface area contributed by atoms with Gasteiger partial charge in [-0.2, -0.15) is 0 Å². The molecule has 0 fully saturated rings. The van der Waals surface area contributed by atoms with Gasteiger partial charge in [0.15, 0.2) is 6.79 Å². The van der Waals surface area contributed by atoms with E-state index in [1.54, 1.807) is 22.2 Å². The molecule has 7 heteroatoms. The molecule has 0 saturated carbocycles. The van der Waals surface area contributed by atoms with Crippen molar-refractivity contribution in [1.29, 1.82) is 0 Å². The molecule has 128 valence electrons. The molecule has 0 radical (unpaired) electrons. The zero-order valence-electron chi connectivity index (χ0n) is 13.4. The first kappa shape index (κ1) is 15.4. The first-order chi connectivity index (χ1) is 12.2. The van der Waals surface area contributed by atoms with Crippen LogP contribution in [-0.4, -0.2) is 16.3 Å². The highest BCUT2D eigenvalue weighted by Gasteiger charge is 2.22. The fourth-order valence-corrected chi connectivity index (χ4v) is 5.17. The normalized spacial score (nSPS) is 15.9. The van der Waals surface area contributed by atoms with Gasteiger partial charge in [-0.3, -0.25) is 9.36 Å². The molecule has 0 N–H and O–H groups in total. The molecule has 2 aromatic heterocycles. The minimum absolute atomic E-state index is 0.0187. The van der Waals surface area contributed by atoms with E-state index in [0.29, 0.717) is 18.2 Å². The van der Waals surface area contributed by atoms with Crippen LogP contribution in [-0.2, 0) is 30.7 Å². The van der Waals surface area contributed by atoms with E-state index in [0.717, 1.165) is 46.4 Å².